The number of aliphatic hydroxyl groups is 1. The third-order valence-electron chi connectivity index (χ3n) is 2.33. The highest BCUT2D eigenvalue weighted by Crippen LogP contribution is 2.24. The van der Waals surface area contributed by atoms with Crippen LogP contribution >= 0.6 is 0 Å². The van der Waals surface area contributed by atoms with Crippen molar-refractivity contribution in [3.05, 3.63) is 46.7 Å². The zero-order valence-electron chi connectivity index (χ0n) is 7.57. The molecule has 1 aromatic rings. The Balaban J connectivity index is 2.73. The topological polar surface area (TPSA) is 54.4 Å². The van der Waals surface area contributed by atoms with E-state index in [-0.39, 0.29) is 16.9 Å². The van der Waals surface area contributed by atoms with E-state index in [2.05, 4.69) is 0 Å². The Hall–Kier alpha value is -1.90. The molecule has 0 unspecified atom stereocenters. The fourth-order valence-corrected chi connectivity index (χ4v) is 1.49. The lowest BCUT2D eigenvalue weighted by atomic mass is 9.89. The molecule has 70 valence electrons. The van der Waals surface area contributed by atoms with E-state index >= 15 is 0 Å². The Morgan fingerprint density at radius 2 is 1.50 bits per heavy atom. The Morgan fingerprint density at radius 3 is 2.07 bits per heavy atom. The highest BCUT2D eigenvalue weighted by Gasteiger charge is 2.28. The van der Waals surface area contributed by atoms with Gasteiger partial charge in [-0.15, -0.1) is 0 Å². The maximum atomic E-state index is 11.6. The van der Waals surface area contributed by atoms with Gasteiger partial charge >= 0.3 is 0 Å². The first-order valence-corrected chi connectivity index (χ1v) is 4.21. The minimum absolute atomic E-state index is 0.119. The van der Waals surface area contributed by atoms with Crippen molar-refractivity contribution in [3.63, 3.8) is 0 Å². The minimum Gasteiger partial charge on any atom is -0.504 e. The highest BCUT2D eigenvalue weighted by molar-refractivity contribution is 6.25. The highest BCUT2D eigenvalue weighted by atomic mass is 16.3. The van der Waals surface area contributed by atoms with E-state index in [1.807, 2.05) is 0 Å². The van der Waals surface area contributed by atoms with Crippen LogP contribution in [0.15, 0.2) is 35.6 Å². The van der Waals surface area contributed by atoms with Gasteiger partial charge in [-0.25, -0.2) is 0 Å². The smallest absolute Gasteiger partial charge is 0.228 e. The summed E-state index contributed by atoms with van der Waals surface area (Å²) in [6.45, 7) is 1.45. The molecule has 0 atom stereocenters. The first kappa shape index (κ1) is 8.69. The zero-order valence-corrected chi connectivity index (χ0v) is 7.57. The van der Waals surface area contributed by atoms with Gasteiger partial charge in [-0.05, 0) is 6.92 Å². The maximum Gasteiger partial charge on any atom is 0.228 e. The van der Waals surface area contributed by atoms with Gasteiger partial charge < -0.3 is 5.11 Å². The number of allylic oxidation sites excluding steroid dienone is 2. The number of fused-ring (bicyclic) bond motifs is 1. The van der Waals surface area contributed by atoms with Gasteiger partial charge in [0.15, 0.2) is 11.5 Å². The molecule has 0 bridgehead atoms. The Kier molecular flexibility index (Phi) is 1.74. The SMILES string of the molecule is CC1=C(O)C(=O)c2ccccc2C1=O. The summed E-state index contributed by atoms with van der Waals surface area (Å²) in [5.41, 5.74) is 0.766. The van der Waals surface area contributed by atoms with Crippen molar-refractivity contribution < 1.29 is 14.7 Å². The molecule has 0 radical (unpaired) electrons. The van der Waals surface area contributed by atoms with Gasteiger partial charge in [0.1, 0.15) is 0 Å². The van der Waals surface area contributed by atoms with Crippen LogP contribution in [0, 0.1) is 0 Å². The van der Waals surface area contributed by atoms with E-state index in [1.165, 1.54) is 13.0 Å². The lowest BCUT2D eigenvalue weighted by Crippen LogP contribution is -2.20. The molecule has 0 saturated heterocycles. The Bertz CT molecular complexity index is 426. The normalized spacial score (nSPS) is 15.8. The number of ketones is 2. The van der Waals surface area contributed by atoms with Crippen molar-refractivity contribution in [2.75, 3.05) is 0 Å². The molecule has 0 spiro atoms. The lowest BCUT2D eigenvalue weighted by Gasteiger charge is -2.14. The van der Waals surface area contributed by atoms with Gasteiger partial charge in [-0.1, -0.05) is 24.3 Å². The van der Waals surface area contributed by atoms with Crippen molar-refractivity contribution >= 4 is 11.6 Å². The second-order valence-corrected chi connectivity index (χ2v) is 3.18. The summed E-state index contributed by atoms with van der Waals surface area (Å²) in [5, 5.41) is 9.37. The average molecular weight is 188 g/mol. The zero-order chi connectivity index (χ0) is 10.3. The fourth-order valence-electron chi connectivity index (χ4n) is 1.49. The van der Waals surface area contributed by atoms with Crippen LogP contribution in [-0.2, 0) is 0 Å². The van der Waals surface area contributed by atoms with Crippen LogP contribution in [-0.4, -0.2) is 16.7 Å². The van der Waals surface area contributed by atoms with Crippen LogP contribution in [0.1, 0.15) is 27.6 Å². The van der Waals surface area contributed by atoms with Gasteiger partial charge in [-0.2, -0.15) is 0 Å². The summed E-state index contributed by atoms with van der Waals surface area (Å²) < 4.78 is 0. The molecule has 0 aromatic heterocycles. The molecule has 1 aliphatic rings. The number of benzene rings is 1. The van der Waals surface area contributed by atoms with Gasteiger partial charge in [0.25, 0.3) is 0 Å². The molecule has 3 nitrogen and oxygen atoms in total. The minimum atomic E-state index is -0.474. The predicted molar refractivity (Wildman–Crippen MR) is 50.4 cm³/mol. The Morgan fingerprint density at radius 1 is 1.00 bits per heavy atom. The van der Waals surface area contributed by atoms with Gasteiger partial charge in [-0.3, -0.25) is 9.59 Å². The molecule has 0 amide bonds. The van der Waals surface area contributed by atoms with Crippen molar-refractivity contribution in [1.82, 2.24) is 0 Å². The quantitative estimate of drug-likeness (QED) is 0.676. The molecule has 0 fully saturated rings. The van der Waals surface area contributed by atoms with E-state index in [0.717, 1.165) is 0 Å². The molecule has 3 heteroatoms. The van der Waals surface area contributed by atoms with Crippen LogP contribution in [0.25, 0.3) is 0 Å². The van der Waals surface area contributed by atoms with E-state index in [0.29, 0.717) is 5.56 Å². The van der Waals surface area contributed by atoms with E-state index in [1.54, 1.807) is 18.2 Å². The number of hydrogen-bond acceptors (Lipinski definition) is 3. The lowest BCUT2D eigenvalue weighted by molar-refractivity contribution is 0.0929. The third-order valence-corrected chi connectivity index (χ3v) is 2.33. The predicted octanol–water partition coefficient (Wildman–Crippen LogP) is 1.90. The van der Waals surface area contributed by atoms with Crippen LogP contribution in [0.3, 0.4) is 0 Å². The largest absolute Gasteiger partial charge is 0.504 e. The second-order valence-electron chi connectivity index (χ2n) is 3.18. The van der Waals surface area contributed by atoms with E-state index in [4.69, 9.17) is 0 Å². The summed E-state index contributed by atoms with van der Waals surface area (Å²) in [5.74, 6) is -1.19. The molecule has 1 N–H and O–H groups in total. The molecule has 0 aliphatic heterocycles. The average Bonchev–Trinajstić information content (AvgIpc) is 2.23. The number of carbonyl (C=O) groups is 2. The third kappa shape index (κ3) is 0.988. The molecule has 1 aromatic carbocycles. The summed E-state index contributed by atoms with van der Waals surface area (Å²) in [6, 6.07) is 6.49. The fraction of sp³-hybridized carbons (Fsp3) is 0.0909. The number of rotatable bonds is 0. The van der Waals surface area contributed by atoms with Crippen molar-refractivity contribution in [3.8, 4) is 0 Å². The number of carbonyl (C=O) groups excluding carboxylic acids is 2. The van der Waals surface area contributed by atoms with Crippen LogP contribution < -0.4 is 0 Å². The summed E-state index contributed by atoms with van der Waals surface area (Å²) in [7, 11) is 0. The summed E-state index contributed by atoms with van der Waals surface area (Å²) in [6.07, 6.45) is 0. The van der Waals surface area contributed by atoms with Crippen molar-refractivity contribution in [1.29, 1.82) is 0 Å². The first-order chi connectivity index (χ1) is 6.63. The number of hydrogen-bond donors (Lipinski definition) is 1. The maximum absolute atomic E-state index is 11.6. The molecular formula is C11H8O3. The van der Waals surface area contributed by atoms with Crippen molar-refractivity contribution in [2.45, 2.75) is 6.92 Å². The van der Waals surface area contributed by atoms with Gasteiger partial charge in [0.05, 0.1) is 0 Å². The van der Waals surface area contributed by atoms with Crippen LogP contribution in [0.5, 0.6) is 0 Å². The molecule has 0 heterocycles. The molecule has 0 saturated carbocycles. The summed E-state index contributed by atoms with van der Waals surface area (Å²) >= 11 is 0. The second kappa shape index (κ2) is 2.80. The molecular weight excluding hydrogens is 180 g/mol. The van der Waals surface area contributed by atoms with E-state index in [9.17, 15) is 14.7 Å². The number of Topliss-reactive ketones (excluding diaryl/α,β-unsaturated/α-hetero) is 2. The van der Waals surface area contributed by atoms with E-state index < -0.39 is 11.5 Å². The van der Waals surface area contributed by atoms with Gasteiger partial charge in [0.2, 0.25) is 5.78 Å². The van der Waals surface area contributed by atoms with Crippen LogP contribution in [0.4, 0.5) is 0 Å². The number of aliphatic hydroxyl groups excluding tert-OH is 1. The first-order valence-electron chi connectivity index (χ1n) is 4.21. The molecule has 1 aliphatic carbocycles. The molecule has 14 heavy (non-hydrogen) atoms. The molecule has 2 rings (SSSR count). The summed E-state index contributed by atoms with van der Waals surface area (Å²) in [4.78, 5) is 23.1. The van der Waals surface area contributed by atoms with Crippen molar-refractivity contribution in [2.24, 2.45) is 0 Å². The van der Waals surface area contributed by atoms with Crippen LogP contribution in [0.2, 0.25) is 0 Å². The Labute approximate surface area is 80.7 Å². The van der Waals surface area contributed by atoms with Gasteiger partial charge in [0, 0.05) is 16.7 Å². The monoisotopic (exact) mass is 188 g/mol. The standard InChI is InChI=1S/C11H8O3/c1-6-9(12)7-4-2-3-5-8(7)11(14)10(6)13/h2-5,13H,1H3.